The van der Waals surface area contributed by atoms with E-state index < -0.39 is 0 Å². The highest BCUT2D eigenvalue weighted by molar-refractivity contribution is 6.04. The van der Waals surface area contributed by atoms with Gasteiger partial charge in [-0.3, -0.25) is 14.8 Å². The molecule has 2 aliphatic rings. The van der Waals surface area contributed by atoms with Crippen molar-refractivity contribution in [3.8, 4) is 5.75 Å². The smallest absolute Gasteiger partial charge is 0.272 e. The fourth-order valence-electron chi connectivity index (χ4n) is 4.70. The van der Waals surface area contributed by atoms with Crippen LogP contribution in [0.2, 0.25) is 0 Å². The monoisotopic (exact) mass is 406 g/mol. The van der Waals surface area contributed by atoms with Gasteiger partial charge >= 0.3 is 0 Å². The van der Waals surface area contributed by atoms with Crippen LogP contribution in [0.15, 0.2) is 48.5 Å². The number of rotatable bonds is 5. The first-order valence-electron chi connectivity index (χ1n) is 10.4. The van der Waals surface area contributed by atoms with Crippen molar-refractivity contribution in [1.82, 2.24) is 20.4 Å². The first-order valence-corrected chi connectivity index (χ1v) is 10.4. The molecule has 0 saturated carbocycles. The molecule has 156 valence electrons. The van der Waals surface area contributed by atoms with Gasteiger partial charge in [0.15, 0.2) is 5.69 Å². The number of piperidine rings is 1. The third-order valence-electron chi connectivity index (χ3n) is 6.22. The summed E-state index contributed by atoms with van der Waals surface area (Å²) in [4.78, 5) is 15.4. The van der Waals surface area contributed by atoms with Crippen LogP contribution in [0.1, 0.15) is 28.9 Å². The summed E-state index contributed by atoms with van der Waals surface area (Å²) in [5, 5.41) is 11.3. The number of hydrogen-bond acceptors (Lipinski definition) is 5. The lowest BCUT2D eigenvalue weighted by Gasteiger charge is -2.48. The van der Waals surface area contributed by atoms with E-state index in [0.717, 1.165) is 36.0 Å². The van der Waals surface area contributed by atoms with E-state index in [0.29, 0.717) is 31.0 Å². The lowest BCUT2D eigenvalue weighted by Crippen LogP contribution is -2.60. The zero-order valence-corrected chi connectivity index (χ0v) is 17.0. The van der Waals surface area contributed by atoms with Crippen molar-refractivity contribution in [2.45, 2.75) is 37.5 Å². The summed E-state index contributed by atoms with van der Waals surface area (Å²) in [5.41, 5.74) is 2.60. The molecular weight excluding hydrogens is 380 g/mol. The predicted octanol–water partition coefficient (Wildman–Crippen LogP) is 2.73. The number of nitrogens with zero attached hydrogens (tertiary/aromatic N) is 2. The molecule has 7 heteroatoms. The number of methoxy groups -OCH3 is 1. The Bertz CT molecular complexity index is 1020. The zero-order valence-electron chi connectivity index (χ0n) is 17.0. The number of carbonyl (C=O) groups is 1. The standard InChI is InChI=1S/C23H26N4O3/c1-29-19-8-6-15(7-9-19)12-27-17-10-16(11-18(27)14-30-13-17)24-23(28)22-20-4-2-3-5-21(20)25-26-22/h2-9,16-18H,10-14H2,1H3,(H,24,28)(H,25,26)/t16-,17-,18+. The van der Waals surface area contributed by atoms with E-state index in [2.05, 4.69) is 32.5 Å². The van der Waals surface area contributed by atoms with Gasteiger partial charge in [0, 0.05) is 30.1 Å². The number of morpholine rings is 1. The Hall–Kier alpha value is -2.90. The van der Waals surface area contributed by atoms with Crippen LogP contribution >= 0.6 is 0 Å². The molecule has 2 aliphatic heterocycles. The maximum Gasteiger partial charge on any atom is 0.272 e. The second-order valence-electron chi connectivity index (χ2n) is 8.13. The summed E-state index contributed by atoms with van der Waals surface area (Å²) in [7, 11) is 1.68. The summed E-state index contributed by atoms with van der Waals surface area (Å²) >= 11 is 0. The van der Waals surface area contributed by atoms with Crippen molar-refractivity contribution in [1.29, 1.82) is 0 Å². The molecule has 1 aromatic heterocycles. The molecule has 0 aliphatic carbocycles. The van der Waals surface area contributed by atoms with Crippen molar-refractivity contribution in [3.05, 3.63) is 59.8 Å². The van der Waals surface area contributed by atoms with Crippen molar-refractivity contribution in [2.75, 3.05) is 20.3 Å². The van der Waals surface area contributed by atoms with E-state index in [1.807, 2.05) is 36.4 Å². The third kappa shape index (κ3) is 3.66. The van der Waals surface area contributed by atoms with E-state index >= 15 is 0 Å². The van der Waals surface area contributed by atoms with Crippen LogP contribution in [0.3, 0.4) is 0 Å². The van der Waals surface area contributed by atoms with Crippen LogP contribution in [0, 0.1) is 0 Å². The highest BCUT2D eigenvalue weighted by atomic mass is 16.5. The maximum atomic E-state index is 12.9. The van der Waals surface area contributed by atoms with Crippen molar-refractivity contribution in [2.24, 2.45) is 0 Å². The number of fused-ring (bicyclic) bond motifs is 3. The first kappa shape index (κ1) is 19.1. The number of hydrogen-bond donors (Lipinski definition) is 2. The van der Waals surface area contributed by atoms with Gasteiger partial charge in [-0.1, -0.05) is 30.3 Å². The molecule has 3 atom stereocenters. The number of para-hydroxylation sites is 1. The van der Waals surface area contributed by atoms with Crippen LogP contribution in [0.5, 0.6) is 5.75 Å². The Kier molecular flexibility index (Phi) is 5.14. The Balaban J connectivity index is 1.26. The normalized spacial score (nSPS) is 24.0. The lowest BCUT2D eigenvalue weighted by molar-refractivity contribution is -0.0843. The molecule has 3 heterocycles. The van der Waals surface area contributed by atoms with Crippen LogP contribution in [0.25, 0.3) is 10.9 Å². The number of benzene rings is 2. The van der Waals surface area contributed by atoms with Crippen LogP contribution in [0.4, 0.5) is 0 Å². The average Bonchev–Trinajstić information content (AvgIpc) is 3.19. The van der Waals surface area contributed by atoms with Gasteiger partial charge in [0.25, 0.3) is 5.91 Å². The number of aromatic nitrogens is 2. The fourth-order valence-corrected chi connectivity index (χ4v) is 4.70. The van der Waals surface area contributed by atoms with Gasteiger partial charge in [-0.2, -0.15) is 5.10 Å². The number of H-pyrrole nitrogens is 1. The topological polar surface area (TPSA) is 79.5 Å². The minimum atomic E-state index is -0.111. The van der Waals surface area contributed by atoms with Crippen LogP contribution in [-0.2, 0) is 11.3 Å². The number of amides is 1. The summed E-state index contributed by atoms with van der Waals surface area (Å²) < 4.78 is 11.1. The quantitative estimate of drug-likeness (QED) is 0.681. The molecule has 2 saturated heterocycles. The lowest BCUT2D eigenvalue weighted by atomic mass is 9.89. The average molecular weight is 406 g/mol. The van der Waals surface area contributed by atoms with E-state index in [-0.39, 0.29) is 11.9 Å². The van der Waals surface area contributed by atoms with Crippen LogP contribution < -0.4 is 10.1 Å². The third-order valence-corrected chi connectivity index (χ3v) is 6.22. The minimum Gasteiger partial charge on any atom is -0.497 e. The molecule has 5 rings (SSSR count). The molecule has 2 aromatic carbocycles. The Labute approximate surface area is 175 Å². The minimum absolute atomic E-state index is 0.111. The SMILES string of the molecule is COc1ccc(CN2[C@@H]3COC[C@H]2C[C@@H](NC(=O)c2n[nH]c4ccccc24)C3)cc1. The van der Waals surface area contributed by atoms with Gasteiger partial charge in [-0.25, -0.2) is 0 Å². The fraction of sp³-hybridized carbons (Fsp3) is 0.391. The highest BCUT2D eigenvalue weighted by Gasteiger charge is 2.39. The van der Waals surface area contributed by atoms with Gasteiger partial charge in [-0.15, -0.1) is 0 Å². The van der Waals surface area contributed by atoms with Gasteiger partial charge in [0.05, 0.1) is 25.8 Å². The largest absolute Gasteiger partial charge is 0.497 e. The molecule has 0 unspecified atom stereocenters. The Morgan fingerprint density at radius 2 is 1.90 bits per heavy atom. The second kappa shape index (κ2) is 8.08. The van der Waals surface area contributed by atoms with E-state index in [1.165, 1.54) is 5.56 Å². The molecular formula is C23H26N4O3. The highest BCUT2D eigenvalue weighted by Crippen LogP contribution is 2.30. The van der Waals surface area contributed by atoms with Gasteiger partial charge in [0.2, 0.25) is 0 Å². The van der Waals surface area contributed by atoms with Crippen molar-refractivity contribution in [3.63, 3.8) is 0 Å². The second-order valence-corrected chi connectivity index (χ2v) is 8.13. The van der Waals surface area contributed by atoms with Gasteiger partial charge in [0.1, 0.15) is 5.75 Å². The molecule has 2 N–H and O–H groups in total. The zero-order chi connectivity index (χ0) is 20.5. The number of nitrogens with one attached hydrogen (secondary N) is 2. The van der Waals surface area contributed by atoms with E-state index in [9.17, 15) is 4.79 Å². The van der Waals surface area contributed by atoms with E-state index in [4.69, 9.17) is 9.47 Å². The molecule has 7 nitrogen and oxygen atoms in total. The Morgan fingerprint density at radius 3 is 2.63 bits per heavy atom. The summed E-state index contributed by atoms with van der Waals surface area (Å²) in [5.74, 6) is 0.759. The van der Waals surface area contributed by atoms with Crippen molar-refractivity contribution >= 4 is 16.8 Å². The molecule has 2 fully saturated rings. The van der Waals surface area contributed by atoms with Gasteiger partial charge in [-0.05, 0) is 36.6 Å². The molecule has 3 aromatic rings. The van der Waals surface area contributed by atoms with E-state index in [1.54, 1.807) is 7.11 Å². The number of ether oxygens (including phenoxy) is 2. The van der Waals surface area contributed by atoms with Crippen LogP contribution in [-0.4, -0.2) is 59.5 Å². The molecule has 2 bridgehead atoms. The first-order chi connectivity index (χ1) is 14.7. The summed E-state index contributed by atoms with van der Waals surface area (Å²) in [6.07, 6.45) is 1.75. The van der Waals surface area contributed by atoms with Gasteiger partial charge < -0.3 is 14.8 Å². The molecule has 0 spiro atoms. The summed E-state index contributed by atoms with van der Waals surface area (Å²) in [6.45, 7) is 2.28. The number of carbonyl (C=O) groups excluding carboxylic acids is 1. The molecule has 30 heavy (non-hydrogen) atoms. The maximum absolute atomic E-state index is 12.9. The Morgan fingerprint density at radius 1 is 1.17 bits per heavy atom. The molecule has 1 amide bonds. The summed E-state index contributed by atoms with van der Waals surface area (Å²) in [6, 6.07) is 16.7. The van der Waals surface area contributed by atoms with Crippen molar-refractivity contribution < 1.29 is 14.3 Å². The number of aromatic amines is 1. The molecule has 0 radical (unpaired) electrons. The predicted molar refractivity (Wildman–Crippen MR) is 114 cm³/mol.